The zero-order chi connectivity index (χ0) is 20.6. The average molecular weight is 417 g/mol. The second-order valence-corrected chi connectivity index (χ2v) is 9.28. The molecule has 0 spiro atoms. The number of thiocarbonyl (C=S) groups is 1. The molecule has 2 N–H and O–H groups in total. The highest BCUT2D eigenvalue weighted by atomic mass is 32.1. The third kappa shape index (κ3) is 6.96. The van der Waals surface area contributed by atoms with Crippen LogP contribution >= 0.6 is 12.2 Å². The van der Waals surface area contributed by atoms with Gasteiger partial charge in [-0.15, -0.1) is 0 Å². The summed E-state index contributed by atoms with van der Waals surface area (Å²) < 4.78 is 0. The molecule has 0 aliphatic carbocycles. The fraction of sp³-hybridized carbons (Fsp3) is 0.652. The second kappa shape index (κ2) is 10.9. The number of hydrogen-bond donors (Lipinski definition) is 2. The van der Waals surface area contributed by atoms with Crippen LogP contribution in [0.25, 0.3) is 0 Å². The number of nitrogens with one attached hydrogen (secondary N) is 2. The highest BCUT2D eigenvalue weighted by molar-refractivity contribution is 7.80. The van der Waals surface area contributed by atoms with Crippen molar-refractivity contribution < 1.29 is 4.79 Å². The number of carbonyl (C=O) groups excluding carboxylic acids is 1. The van der Waals surface area contributed by atoms with E-state index in [0.717, 1.165) is 68.5 Å². The Balaban J connectivity index is 1.36. The normalized spacial score (nSPS) is 22.9. The summed E-state index contributed by atoms with van der Waals surface area (Å²) in [6.45, 7) is 10.9. The molecule has 5 nitrogen and oxygen atoms in total. The Bertz CT molecular complexity index is 662. The SMILES string of the molecule is C[C@@H]1C[C@H](C)CN(CCCNC(=S)Nc2ccc(C(=O)N3CCCCC3)cc2)C1. The molecule has 1 aromatic carbocycles. The molecule has 0 radical (unpaired) electrons. The highest BCUT2D eigenvalue weighted by Gasteiger charge is 2.21. The predicted molar refractivity (Wildman–Crippen MR) is 124 cm³/mol. The van der Waals surface area contributed by atoms with E-state index >= 15 is 0 Å². The molecule has 2 heterocycles. The van der Waals surface area contributed by atoms with Crippen molar-refractivity contribution in [2.45, 2.75) is 46.0 Å². The first-order valence-electron chi connectivity index (χ1n) is 11.2. The van der Waals surface area contributed by atoms with Gasteiger partial charge >= 0.3 is 0 Å². The van der Waals surface area contributed by atoms with Crippen molar-refractivity contribution in [3.8, 4) is 0 Å². The summed E-state index contributed by atoms with van der Waals surface area (Å²) in [7, 11) is 0. The van der Waals surface area contributed by atoms with E-state index in [0.29, 0.717) is 5.11 Å². The number of rotatable bonds is 6. The highest BCUT2D eigenvalue weighted by Crippen LogP contribution is 2.20. The summed E-state index contributed by atoms with van der Waals surface area (Å²) >= 11 is 5.42. The van der Waals surface area contributed by atoms with Crippen molar-refractivity contribution in [1.29, 1.82) is 0 Å². The Hall–Kier alpha value is -1.66. The van der Waals surface area contributed by atoms with Crippen LogP contribution in [0.1, 0.15) is 56.3 Å². The van der Waals surface area contributed by atoms with Gasteiger partial charge in [0.15, 0.2) is 5.11 Å². The topological polar surface area (TPSA) is 47.6 Å². The Morgan fingerprint density at radius 3 is 2.38 bits per heavy atom. The van der Waals surface area contributed by atoms with E-state index in [4.69, 9.17) is 12.2 Å². The summed E-state index contributed by atoms with van der Waals surface area (Å²) in [5, 5.41) is 7.16. The standard InChI is InChI=1S/C23H36N4OS/c1-18-15-19(2)17-26(16-18)12-6-11-24-23(29)25-21-9-7-20(8-10-21)22(28)27-13-4-3-5-14-27/h7-10,18-19H,3-6,11-17H2,1-2H3,(H2,24,25,29)/t18-,19+. The van der Waals surface area contributed by atoms with Crippen LogP contribution in [0.15, 0.2) is 24.3 Å². The lowest BCUT2D eigenvalue weighted by molar-refractivity contribution is 0.0724. The summed E-state index contributed by atoms with van der Waals surface area (Å²) in [6, 6.07) is 7.64. The maximum atomic E-state index is 12.5. The second-order valence-electron chi connectivity index (χ2n) is 8.87. The molecular weight excluding hydrogens is 380 g/mol. The van der Waals surface area contributed by atoms with Gasteiger partial charge < -0.3 is 20.4 Å². The van der Waals surface area contributed by atoms with E-state index in [1.807, 2.05) is 29.2 Å². The number of nitrogens with zero attached hydrogens (tertiary/aromatic N) is 2. The monoisotopic (exact) mass is 416 g/mol. The lowest BCUT2D eigenvalue weighted by Crippen LogP contribution is -2.40. The van der Waals surface area contributed by atoms with Crippen LogP contribution in [0, 0.1) is 11.8 Å². The van der Waals surface area contributed by atoms with E-state index in [2.05, 4.69) is 29.4 Å². The van der Waals surface area contributed by atoms with Gasteiger partial charge in [-0.05, 0) is 87.0 Å². The molecule has 2 atom stereocenters. The molecule has 0 saturated carbocycles. The Kier molecular flexibility index (Phi) is 8.30. The quantitative estimate of drug-likeness (QED) is 0.543. The zero-order valence-corrected chi connectivity index (χ0v) is 18.8. The van der Waals surface area contributed by atoms with Crippen LogP contribution in [-0.4, -0.2) is 60.1 Å². The first-order chi connectivity index (χ1) is 14.0. The first kappa shape index (κ1) is 22.0. The van der Waals surface area contributed by atoms with Gasteiger partial charge in [-0.1, -0.05) is 13.8 Å². The molecule has 6 heteroatoms. The van der Waals surface area contributed by atoms with Gasteiger partial charge in [0.1, 0.15) is 0 Å². The van der Waals surface area contributed by atoms with Crippen molar-refractivity contribution in [1.82, 2.24) is 15.1 Å². The summed E-state index contributed by atoms with van der Waals surface area (Å²) in [5.41, 5.74) is 1.66. The van der Waals surface area contributed by atoms with Gasteiger partial charge in [0.2, 0.25) is 0 Å². The molecule has 0 bridgehead atoms. The lowest BCUT2D eigenvalue weighted by Gasteiger charge is -2.35. The third-order valence-corrected chi connectivity index (χ3v) is 6.16. The van der Waals surface area contributed by atoms with Crippen molar-refractivity contribution in [3.05, 3.63) is 29.8 Å². The molecule has 2 fully saturated rings. The number of amides is 1. The molecule has 0 unspecified atom stereocenters. The molecule has 29 heavy (non-hydrogen) atoms. The molecular formula is C23H36N4OS. The maximum Gasteiger partial charge on any atom is 0.253 e. The van der Waals surface area contributed by atoms with Crippen molar-refractivity contribution in [3.63, 3.8) is 0 Å². The van der Waals surface area contributed by atoms with Gasteiger partial charge in [0.25, 0.3) is 5.91 Å². The van der Waals surface area contributed by atoms with E-state index in [1.165, 1.54) is 25.9 Å². The number of benzene rings is 1. The van der Waals surface area contributed by atoms with Crippen LogP contribution in [0.3, 0.4) is 0 Å². The first-order valence-corrected chi connectivity index (χ1v) is 11.6. The predicted octanol–water partition coefficient (Wildman–Crippen LogP) is 3.97. The minimum atomic E-state index is 0.137. The molecule has 1 amide bonds. The molecule has 2 aliphatic rings. The largest absolute Gasteiger partial charge is 0.362 e. The van der Waals surface area contributed by atoms with E-state index in [-0.39, 0.29) is 5.91 Å². The Morgan fingerprint density at radius 2 is 1.72 bits per heavy atom. The summed E-state index contributed by atoms with van der Waals surface area (Å²) in [5.74, 6) is 1.75. The zero-order valence-electron chi connectivity index (χ0n) is 18.0. The smallest absolute Gasteiger partial charge is 0.253 e. The van der Waals surface area contributed by atoms with Crippen LogP contribution < -0.4 is 10.6 Å². The van der Waals surface area contributed by atoms with Gasteiger partial charge in [0, 0.05) is 44.0 Å². The van der Waals surface area contributed by atoms with Crippen LogP contribution in [-0.2, 0) is 0 Å². The van der Waals surface area contributed by atoms with E-state index < -0.39 is 0 Å². The molecule has 2 aliphatic heterocycles. The molecule has 1 aromatic rings. The summed E-state index contributed by atoms with van der Waals surface area (Å²) in [4.78, 5) is 17.1. The Morgan fingerprint density at radius 1 is 1.07 bits per heavy atom. The van der Waals surface area contributed by atoms with Gasteiger partial charge in [-0.2, -0.15) is 0 Å². The van der Waals surface area contributed by atoms with Crippen molar-refractivity contribution in [2.75, 3.05) is 44.6 Å². The molecule has 160 valence electrons. The van der Waals surface area contributed by atoms with Gasteiger partial charge in [0.05, 0.1) is 0 Å². The van der Waals surface area contributed by atoms with E-state index in [1.54, 1.807) is 0 Å². The summed E-state index contributed by atoms with van der Waals surface area (Å²) in [6.07, 6.45) is 5.89. The minimum Gasteiger partial charge on any atom is -0.362 e. The number of likely N-dealkylation sites (tertiary alicyclic amines) is 2. The third-order valence-electron chi connectivity index (χ3n) is 5.91. The fourth-order valence-corrected chi connectivity index (χ4v) is 4.85. The molecule has 3 rings (SSSR count). The average Bonchev–Trinajstić information content (AvgIpc) is 2.71. The van der Waals surface area contributed by atoms with E-state index in [9.17, 15) is 4.79 Å². The molecule has 2 saturated heterocycles. The van der Waals surface area contributed by atoms with Crippen molar-refractivity contribution in [2.24, 2.45) is 11.8 Å². The number of hydrogen-bond acceptors (Lipinski definition) is 3. The van der Waals surface area contributed by atoms with Gasteiger partial charge in [-0.25, -0.2) is 0 Å². The molecule has 0 aromatic heterocycles. The number of anilines is 1. The lowest BCUT2D eigenvalue weighted by atomic mass is 9.92. The number of carbonyl (C=O) groups is 1. The van der Waals surface area contributed by atoms with Crippen LogP contribution in [0.4, 0.5) is 5.69 Å². The van der Waals surface area contributed by atoms with Crippen LogP contribution in [0.2, 0.25) is 0 Å². The van der Waals surface area contributed by atoms with Crippen LogP contribution in [0.5, 0.6) is 0 Å². The fourth-order valence-electron chi connectivity index (χ4n) is 4.63. The van der Waals surface area contributed by atoms with Crippen molar-refractivity contribution >= 4 is 28.9 Å². The Labute approximate surface area is 181 Å². The minimum absolute atomic E-state index is 0.137. The van der Waals surface area contributed by atoms with Gasteiger partial charge in [-0.3, -0.25) is 4.79 Å². The maximum absolute atomic E-state index is 12.5. The number of piperidine rings is 2.